The number of thiazole rings is 2. The van der Waals surface area contributed by atoms with Crippen molar-refractivity contribution in [2.45, 2.75) is 20.4 Å². The number of anilines is 1. The van der Waals surface area contributed by atoms with Gasteiger partial charge in [-0.15, -0.1) is 34.0 Å². The van der Waals surface area contributed by atoms with E-state index in [0.717, 1.165) is 26.0 Å². The Morgan fingerprint density at radius 3 is 2.60 bits per heavy atom. The van der Waals surface area contributed by atoms with E-state index in [4.69, 9.17) is 0 Å². The number of thiophene rings is 1. The van der Waals surface area contributed by atoms with E-state index in [0.29, 0.717) is 22.2 Å². The molecule has 0 radical (unpaired) electrons. The van der Waals surface area contributed by atoms with Gasteiger partial charge in [-0.25, -0.2) is 9.97 Å². The van der Waals surface area contributed by atoms with Crippen LogP contribution in [-0.2, 0) is 11.3 Å². The molecule has 2 amide bonds. The lowest BCUT2D eigenvalue weighted by molar-refractivity contribution is -0.119. The molecule has 0 aliphatic rings. The predicted octanol–water partition coefficient (Wildman–Crippen LogP) is 5.19. The van der Waals surface area contributed by atoms with Gasteiger partial charge in [-0.2, -0.15) is 0 Å². The topological polar surface area (TPSA) is 84.0 Å². The summed E-state index contributed by atoms with van der Waals surface area (Å²) in [4.78, 5) is 35.5. The molecule has 0 spiro atoms. The van der Waals surface area contributed by atoms with E-state index in [1.807, 2.05) is 54.8 Å². The van der Waals surface area contributed by atoms with Crippen LogP contribution in [0.5, 0.6) is 0 Å². The number of nitrogens with zero attached hydrogens (tertiary/aromatic N) is 2. The SMILES string of the molecule is CC(=O)NCc1ccc(-c2csc(NC(=O)c3sc(-c4ccccc4)nc3C)n2)s1. The van der Waals surface area contributed by atoms with Crippen molar-refractivity contribution in [3.8, 4) is 21.1 Å². The van der Waals surface area contributed by atoms with Crippen molar-refractivity contribution in [3.63, 3.8) is 0 Å². The molecule has 0 fully saturated rings. The first kappa shape index (κ1) is 20.4. The Hall–Kier alpha value is -2.88. The number of hydrogen-bond acceptors (Lipinski definition) is 7. The molecule has 0 saturated heterocycles. The van der Waals surface area contributed by atoms with E-state index < -0.39 is 0 Å². The lowest BCUT2D eigenvalue weighted by Gasteiger charge is -1.99. The smallest absolute Gasteiger partial charge is 0.269 e. The van der Waals surface area contributed by atoms with Gasteiger partial charge >= 0.3 is 0 Å². The molecule has 3 aromatic heterocycles. The second kappa shape index (κ2) is 8.86. The highest BCUT2D eigenvalue weighted by atomic mass is 32.1. The second-order valence-corrected chi connectivity index (χ2v) is 9.49. The van der Waals surface area contributed by atoms with Crippen LogP contribution < -0.4 is 10.6 Å². The minimum atomic E-state index is -0.203. The molecule has 1 aromatic carbocycles. The van der Waals surface area contributed by atoms with E-state index in [9.17, 15) is 9.59 Å². The number of hydrogen-bond donors (Lipinski definition) is 2. The van der Waals surface area contributed by atoms with Crippen LogP contribution >= 0.6 is 34.0 Å². The van der Waals surface area contributed by atoms with Gasteiger partial charge in [0.25, 0.3) is 5.91 Å². The molecule has 0 saturated carbocycles. The Kier molecular flexibility index (Phi) is 6.03. The molecule has 0 bridgehead atoms. The third-order valence-electron chi connectivity index (χ3n) is 4.17. The van der Waals surface area contributed by atoms with Gasteiger partial charge < -0.3 is 5.32 Å². The van der Waals surface area contributed by atoms with Gasteiger partial charge in [0.15, 0.2) is 5.13 Å². The zero-order chi connectivity index (χ0) is 21.1. The van der Waals surface area contributed by atoms with Crippen LogP contribution in [-0.4, -0.2) is 21.8 Å². The van der Waals surface area contributed by atoms with Crippen molar-refractivity contribution in [1.29, 1.82) is 0 Å². The summed E-state index contributed by atoms with van der Waals surface area (Å²) >= 11 is 4.33. The molecule has 3 heterocycles. The number of benzene rings is 1. The first-order chi connectivity index (χ1) is 14.5. The Labute approximate surface area is 185 Å². The quantitative estimate of drug-likeness (QED) is 0.420. The molecule has 0 unspecified atom stereocenters. The molecule has 0 atom stereocenters. The normalized spacial score (nSPS) is 10.7. The fourth-order valence-electron chi connectivity index (χ4n) is 2.73. The van der Waals surface area contributed by atoms with Crippen LogP contribution in [0.2, 0.25) is 0 Å². The van der Waals surface area contributed by atoms with Crippen LogP contribution in [0.3, 0.4) is 0 Å². The zero-order valence-corrected chi connectivity index (χ0v) is 18.7. The van der Waals surface area contributed by atoms with E-state index >= 15 is 0 Å². The summed E-state index contributed by atoms with van der Waals surface area (Å²) < 4.78 is 0. The number of nitrogens with one attached hydrogen (secondary N) is 2. The standard InChI is InChI=1S/C21H18N4O2S3/c1-12-18(30-20(23-12)14-6-4-3-5-7-14)19(27)25-21-24-16(11-28-21)17-9-8-15(29-17)10-22-13(2)26/h3-9,11H,10H2,1-2H3,(H,22,26)(H,24,25,27). The predicted molar refractivity (Wildman–Crippen MR) is 123 cm³/mol. The van der Waals surface area contributed by atoms with Crippen LogP contribution in [0.15, 0.2) is 47.8 Å². The van der Waals surface area contributed by atoms with Crippen molar-refractivity contribution < 1.29 is 9.59 Å². The van der Waals surface area contributed by atoms with Crippen molar-refractivity contribution >= 4 is 51.0 Å². The van der Waals surface area contributed by atoms with E-state index in [1.165, 1.54) is 29.6 Å². The molecule has 30 heavy (non-hydrogen) atoms. The van der Waals surface area contributed by atoms with Crippen molar-refractivity contribution in [2.75, 3.05) is 5.32 Å². The highest BCUT2D eigenvalue weighted by Gasteiger charge is 2.18. The van der Waals surface area contributed by atoms with Crippen LogP contribution in [0, 0.1) is 6.92 Å². The second-order valence-electron chi connectivity index (χ2n) is 6.47. The largest absolute Gasteiger partial charge is 0.351 e. The van der Waals surface area contributed by atoms with E-state index in [-0.39, 0.29) is 11.8 Å². The summed E-state index contributed by atoms with van der Waals surface area (Å²) in [6, 6.07) is 13.8. The summed E-state index contributed by atoms with van der Waals surface area (Å²) in [5.41, 5.74) is 2.50. The number of amides is 2. The third-order valence-corrected chi connectivity index (χ3v) is 7.24. The summed E-state index contributed by atoms with van der Waals surface area (Å²) in [6.07, 6.45) is 0. The Balaban J connectivity index is 1.46. The van der Waals surface area contributed by atoms with E-state index in [1.54, 1.807) is 11.3 Å². The maximum Gasteiger partial charge on any atom is 0.269 e. The summed E-state index contributed by atoms with van der Waals surface area (Å²) in [7, 11) is 0. The minimum Gasteiger partial charge on any atom is -0.351 e. The first-order valence-electron chi connectivity index (χ1n) is 9.13. The molecular formula is C21H18N4O2S3. The molecule has 4 aromatic rings. The van der Waals surface area contributed by atoms with Crippen molar-refractivity contribution in [1.82, 2.24) is 15.3 Å². The number of aryl methyl sites for hydroxylation is 1. The molecular weight excluding hydrogens is 436 g/mol. The fraction of sp³-hybridized carbons (Fsp3) is 0.143. The summed E-state index contributed by atoms with van der Waals surface area (Å²) in [6.45, 7) is 3.84. The lowest BCUT2D eigenvalue weighted by atomic mass is 10.2. The van der Waals surface area contributed by atoms with Crippen molar-refractivity contribution in [2.24, 2.45) is 0 Å². The summed E-state index contributed by atoms with van der Waals surface area (Å²) in [5.74, 6) is -0.261. The molecule has 4 rings (SSSR count). The Morgan fingerprint density at radius 1 is 1.03 bits per heavy atom. The zero-order valence-electron chi connectivity index (χ0n) is 16.3. The number of rotatable bonds is 6. The molecule has 6 nitrogen and oxygen atoms in total. The molecule has 152 valence electrons. The minimum absolute atomic E-state index is 0.0580. The van der Waals surface area contributed by atoms with Crippen LogP contribution in [0.1, 0.15) is 27.2 Å². The van der Waals surface area contributed by atoms with Gasteiger partial charge in [0.2, 0.25) is 5.91 Å². The average molecular weight is 455 g/mol. The monoisotopic (exact) mass is 454 g/mol. The highest BCUT2D eigenvalue weighted by molar-refractivity contribution is 7.18. The van der Waals surface area contributed by atoms with Gasteiger partial charge in [-0.1, -0.05) is 30.3 Å². The fourth-order valence-corrected chi connectivity index (χ4v) is 5.39. The van der Waals surface area contributed by atoms with Gasteiger partial charge in [-0.05, 0) is 19.1 Å². The van der Waals surface area contributed by atoms with Crippen LogP contribution in [0.4, 0.5) is 5.13 Å². The molecule has 0 aliphatic heterocycles. The maximum absolute atomic E-state index is 12.8. The molecule has 2 N–H and O–H groups in total. The number of carbonyl (C=O) groups excluding carboxylic acids is 2. The average Bonchev–Trinajstić information content (AvgIpc) is 3.46. The van der Waals surface area contributed by atoms with Gasteiger partial charge in [0.1, 0.15) is 9.88 Å². The first-order valence-corrected chi connectivity index (χ1v) is 11.6. The van der Waals surface area contributed by atoms with Crippen molar-refractivity contribution in [3.05, 3.63) is 63.3 Å². The Morgan fingerprint density at radius 2 is 1.83 bits per heavy atom. The maximum atomic E-state index is 12.8. The van der Waals surface area contributed by atoms with Gasteiger partial charge in [-0.3, -0.25) is 14.9 Å². The lowest BCUT2D eigenvalue weighted by Crippen LogP contribution is -2.17. The van der Waals surface area contributed by atoms with E-state index in [2.05, 4.69) is 20.6 Å². The van der Waals surface area contributed by atoms with Gasteiger partial charge in [0, 0.05) is 22.7 Å². The molecule has 9 heteroatoms. The van der Waals surface area contributed by atoms with Crippen LogP contribution in [0.25, 0.3) is 21.1 Å². The number of aromatic nitrogens is 2. The highest BCUT2D eigenvalue weighted by Crippen LogP contribution is 2.32. The molecule has 0 aliphatic carbocycles. The third kappa shape index (κ3) is 4.64. The number of carbonyl (C=O) groups is 2. The Bertz CT molecular complexity index is 1190. The summed E-state index contributed by atoms with van der Waals surface area (Å²) in [5, 5.41) is 8.95. The van der Waals surface area contributed by atoms with Gasteiger partial charge in [0.05, 0.1) is 22.8 Å².